The van der Waals surface area contributed by atoms with Gasteiger partial charge < -0.3 is 9.15 Å². The van der Waals surface area contributed by atoms with Gasteiger partial charge in [-0.15, -0.1) is 0 Å². The van der Waals surface area contributed by atoms with E-state index >= 15 is 0 Å². The highest BCUT2D eigenvalue weighted by molar-refractivity contribution is 5.88. The van der Waals surface area contributed by atoms with Gasteiger partial charge in [-0.2, -0.15) is 0 Å². The summed E-state index contributed by atoms with van der Waals surface area (Å²) in [5.74, 6) is 0.303. The lowest BCUT2D eigenvalue weighted by Crippen LogP contribution is -1.98. The predicted molar refractivity (Wildman–Crippen MR) is 71.4 cm³/mol. The summed E-state index contributed by atoms with van der Waals surface area (Å²) in [4.78, 5) is 11.2. The summed E-state index contributed by atoms with van der Waals surface area (Å²) in [6.45, 7) is 6.21. The molecule has 0 bridgehead atoms. The quantitative estimate of drug-likeness (QED) is 0.611. The number of carbonyl (C=O) groups excluding carboxylic acids is 1. The zero-order valence-electron chi connectivity index (χ0n) is 10.8. The van der Waals surface area contributed by atoms with Crippen LogP contribution in [-0.4, -0.2) is 12.6 Å². The molecule has 1 heterocycles. The van der Waals surface area contributed by atoms with E-state index in [-0.39, 0.29) is 5.97 Å². The van der Waals surface area contributed by atoms with E-state index in [1.807, 2.05) is 19.9 Å². The van der Waals surface area contributed by atoms with Gasteiger partial charge >= 0.3 is 5.97 Å². The molecular weight excluding hydrogens is 228 g/mol. The molecule has 0 atom stereocenters. The summed E-state index contributed by atoms with van der Waals surface area (Å²) in [7, 11) is 0. The zero-order chi connectivity index (χ0) is 13.1. The Kier molecular flexibility index (Phi) is 3.51. The molecule has 1 aromatic heterocycles. The molecular formula is C15H16O3. The highest BCUT2D eigenvalue weighted by Crippen LogP contribution is 2.25. The third-order valence-corrected chi connectivity index (χ3v) is 2.64. The second-order valence-corrected chi connectivity index (χ2v) is 4.23. The molecule has 0 N–H and O–H groups in total. The van der Waals surface area contributed by atoms with Crippen molar-refractivity contribution in [3.05, 3.63) is 41.2 Å². The minimum absolute atomic E-state index is 0.356. The summed E-state index contributed by atoms with van der Waals surface area (Å²) in [6.07, 6.45) is 3.01. The van der Waals surface area contributed by atoms with Gasteiger partial charge in [-0.25, -0.2) is 4.79 Å². The maximum Gasteiger partial charge on any atom is 0.330 e. The molecule has 0 saturated heterocycles. The Morgan fingerprint density at radius 3 is 2.83 bits per heavy atom. The van der Waals surface area contributed by atoms with Crippen LogP contribution in [0.2, 0.25) is 0 Å². The summed E-state index contributed by atoms with van der Waals surface area (Å²) < 4.78 is 10.5. The minimum atomic E-state index is -0.356. The van der Waals surface area contributed by atoms with Crippen molar-refractivity contribution in [3.63, 3.8) is 0 Å². The lowest BCUT2D eigenvalue weighted by molar-refractivity contribution is -0.137. The van der Waals surface area contributed by atoms with Gasteiger partial charge in [0.1, 0.15) is 11.3 Å². The van der Waals surface area contributed by atoms with Crippen LogP contribution in [0, 0.1) is 13.8 Å². The van der Waals surface area contributed by atoms with E-state index < -0.39 is 0 Å². The topological polar surface area (TPSA) is 39.4 Å². The SMILES string of the molecule is CCOC(=O)/C=C/c1cc2cc(C)cc(C)c2o1. The van der Waals surface area contributed by atoms with E-state index in [9.17, 15) is 4.79 Å². The van der Waals surface area contributed by atoms with Crippen molar-refractivity contribution in [2.24, 2.45) is 0 Å². The number of carbonyl (C=O) groups is 1. The number of benzene rings is 1. The first-order chi connectivity index (χ1) is 8.60. The Morgan fingerprint density at radius 2 is 2.11 bits per heavy atom. The van der Waals surface area contributed by atoms with Crippen molar-refractivity contribution in [2.45, 2.75) is 20.8 Å². The Bertz CT molecular complexity index is 605. The average Bonchev–Trinajstić information content (AvgIpc) is 2.70. The summed E-state index contributed by atoms with van der Waals surface area (Å²) in [5, 5.41) is 1.05. The first-order valence-electron chi connectivity index (χ1n) is 5.96. The Labute approximate surface area is 106 Å². The number of fused-ring (bicyclic) bond motifs is 1. The molecule has 1 aromatic carbocycles. The van der Waals surface area contributed by atoms with Gasteiger partial charge in [-0.1, -0.05) is 11.6 Å². The zero-order valence-corrected chi connectivity index (χ0v) is 10.8. The molecule has 2 rings (SSSR count). The molecule has 0 aliphatic heterocycles. The third-order valence-electron chi connectivity index (χ3n) is 2.64. The Morgan fingerprint density at radius 1 is 1.33 bits per heavy atom. The molecule has 0 aliphatic rings. The number of furan rings is 1. The lowest BCUT2D eigenvalue weighted by atomic mass is 10.1. The first-order valence-corrected chi connectivity index (χ1v) is 5.96. The maximum atomic E-state index is 11.2. The van der Waals surface area contributed by atoms with Crippen LogP contribution in [0.5, 0.6) is 0 Å². The van der Waals surface area contributed by atoms with Crippen molar-refractivity contribution < 1.29 is 13.9 Å². The van der Waals surface area contributed by atoms with E-state index in [0.29, 0.717) is 12.4 Å². The first kappa shape index (κ1) is 12.4. The number of hydrogen-bond donors (Lipinski definition) is 0. The second kappa shape index (κ2) is 5.08. The summed E-state index contributed by atoms with van der Waals surface area (Å²) >= 11 is 0. The molecule has 0 fully saturated rings. The number of esters is 1. The van der Waals surface area contributed by atoms with Crippen LogP contribution in [0.3, 0.4) is 0 Å². The van der Waals surface area contributed by atoms with Gasteiger partial charge in [-0.3, -0.25) is 0 Å². The van der Waals surface area contributed by atoms with Gasteiger partial charge in [0.25, 0.3) is 0 Å². The van der Waals surface area contributed by atoms with Crippen LogP contribution in [-0.2, 0) is 9.53 Å². The standard InChI is InChI=1S/C15H16O3/c1-4-17-14(16)6-5-13-9-12-8-10(2)7-11(3)15(12)18-13/h5-9H,4H2,1-3H3/b6-5+. The monoisotopic (exact) mass is 244 g/mol. The molecule has 0 saturated carbocycles. The average molecular weight is 244 g/mol. The van der Waals surface area contributed by atoms with Gasteiger partial charge in [0.05, 0.1) is 6.61 Å². The molecule has 0 radical (unpaired) electrons. The van der Waals surface area contributed by atoms with E-state index in [1.165, 1.54) is 11.6 Å². The van der Waals surface area contributed by atoms with Crippen LogP contribution >= 0.6 is 0 Å². The molecule has 3 nitrogen and oxygen atoms in total. The van der Waals surface area contributed by atoms with Crippen molar-refractivity contribution in [3.8, 4) is 0 Å². The van der Waals surface area contributed by atoms with Crippen LogP contribution < -0.4 is 0 Å². The van der Waals surface area contributed by atoms with Crippen molar-refractivity contribution >= 4 is 23.0 Å². The predicted octanol–water partition coefficient (Wildman–Crippen LogP) is 3.63. The van der Waals surface area contributed by atoms with E-state index in [1.54, 1.807) is 13.0 Å². The van der Waals surface area contributed by atoms with Crippen LogP contribution in [0.15, 0.2) is 28.7 Å². The molecule has 94 valence electrons. The minimum Gasteiger partial charge on any atom is -0.463 e. The fraction of sp³-hybridized carbons (Fsp3) is 0.267. The van der Waals surface area contributed by atoms with E-state index in [0.717, 1.165) is 16.5 Å². The smallest absolute Gasteiger partial charge is 0.330 e. The Balaban J connectivity index is 2.31. The third kappa shape index (κ3) is 2.62. The number of ether oxygens (including phenoxy) is 1. The summed E-state index contributed by atoms with van der Waals surface area (Å²) in [6, 6.07) is 6.06. The number of rotatable bonds is 3. The van der Waals surface area contributed by atoms with Crippen molar-refractivity contribution in [1.29, 1.82) is 0 Å². The second-order valence-electron chi connectivity index (χ2n) is 4.23. The molecule has 0 amide bonds. The van der Waals surface area contributed by atoms with E-state index in [2.05, 4.69) is 12.1 Å². The lowest BCUT2D eigenvalue weighted by Gasteiger charge is -1.96. The van der Waals surface area contributed by atoms with Crippen molar-refractivity contribution in [1.82, 2.24) is 0 Å². The molecule has 0 aliphatic carbocycles. The van der Waals surface area contributed by atoms with E-state index in [4.69, 9.17) is 9.15 Å². The molecule has 3 heteroatoms. The molecule has 0 spiro atoms. The van der Waals surface area contributed by atoms with Gasteiger partial charge in [-0.05, 0) is 44.5 Å². The Hall–Kier alpha value is -2.03. The van der Waals surface area contributed by atoms with Crippen LogP contribution in [0.4, 0.5) is 0 Å². The van der Waals surface area contributed by atoms with Crippen LogP contribution in [0.1, 0.15) is 23.8 Å². The van der Waals surface area contributed by atoms with Crippen LogP contribution in [0.25, 0.3) is 17.0 Å². The molecule has 18 heavy (non-hydrogen) atoms. The number of aryl methyl sites for hydroxylation is 2. The summed E-state index contributed by atoms with van der Waals surface area (Å²) in [5.41, 5.74) is 3.16. The fourth-order valence-electron chi connectivity index (χ4n) is 1.96. The van der Waals surface area contributed by atoms with Gasteiger partial charge in [0, 0.05) is 11.5 Å². The van der Waals surface area contributed by atoms with Crippen molar-refractivity contribution in [2.75, 3.05) is 6.61 Å². The van der Waals surface area contributed by atoms with Gasteiger partial charge in [0.15, 0.2) is 0 Å². The largest absolute Gasteiger partial charge is 0.463 e. The number of hydrogen-bond acceptors (Lipinski definition) is 3. The maximum absolute atomic E-state index is 11.2. The van der Waals surface area contributed by atoms with Gasteiger partial charge in [0.2, 0.25) is 0 Å². The normalized spacial score (nSPS) is 11.3. The molecule has 2 aromatic rings. The highest BCUT2D eigenvalue weighted by atomic mass is 16.5. The highest BCUT2D eigenvalue weighted by Gasteiger charge is 2.05. The fourth-order valence-corrected chi connectivity index (χ4v) is 1.96. The molecule has 0 unspecified atom stereocenters.